The lowest BCUT2D eigenvalue weighted by atomic mass is 9.91. The molecule has 5 heteroatoms. The summed E-state index contributed by atoms with van der Waals surface area (Å²) in [6.07, 6.45) is -0.0108. The van der Waals surface area contributed by atoms with E-state index in [-0.39, 0.29) is 6.10 Å². The Labute approximate surface area is 352 Å². The van der Waals surface area contributed by atoms with Gasteiger partial charge in [0.1, 0.15) is 5.75 Å². The van der Waals surface area contributed by atoms with Crippen LogP contribution in [0, 0.1) is 6.92 Å². The highest BCUT2D eigenvalue weighted by atomic mass is 32.1. The van der Waals surface area contributed by atoms with Crippen molar-refractivity contribution in [2.24, 2.45) is 0 Å². The molecule has 286 valence electrons. The fraction of sp³-hybridized carbons (Fsp3) is 0.0727. The van der Waals surface area contributed by atoms with Crippen molar-refractivity contribution in [1.82, 2.24) is 15.0 Å². The number of para-hydroxylation sites is 1. The number of benzene rings is 9. The summed E-state index contributed by atoms with van der Waals surface area (Å²) < 4.78 is 8.88. The second kappa shape index (κ2) is 14.6. The van der Waals surface area contributed by atoms with Crippen LogP contribution in [0.5, 0.6) is 5.75 Å². The SMILES string of the molecule is Cc1cccc(-c2nc(-c3ccccc3)nc(-c3ccccc3-c3cccc4sc5ccc(-c6ccc7c8ccccc8c8ccccc8c7c6)cc5c34)n2)c1OC(C)C. The average molecular weight is 790 g/mol. The Morgan fingerprint density at radius 2 is 0.933 bits per heavy atom. The molecule has 60 heavy (non-hydrogen) atoms. The molecular weight excluding hydrogens is 751 g/mol. The first kappa shape index (κ1) is 35.9. The summed E-state index contributed by atoms with van der Waals surface area (Å²) >= 11 is 1.83. The van der Waals surface area contributed by atoms with Crippen molar-refractivity contribution in [3.63, 3.8) is 0 Å². The maximum atomic E-state index is 6.39. The molecule has 0 bridgehead atoms. The predicted molar refractivity (Wildman–Crippen MR) is 253 cm³/mol. The van der Waals surface area contributed by atoms with E-state index in [0.29, 0.717) is 17.5 Å². The summed E-state index contributed by atoms with van der Waals surface area (Å²) in [5.41, 5.74) is 8.34. The number of rotatable bonds is 7. The van der Waals surface area contributed by atoms with Crippen LogP contribution in [0.4, 0.5) is 0 Å². The molecule has 0 fully saturated rings. The average Bonchev–Trinajstić information content (AvgIpc) is 3.68. The van der Waals surface area contributed by atoms with Gasteiger partial charge in [0, 0.05) is 31.3 Å². The molecule has 2 heterocycles. The van der Waals surface area contributed by atoms with E-state index in [1.165, 1.54) is 63.6 Å². The molecule has 0 N–H and O–H groups in total. The van der Waals surface area contributed by atoms with Gasteiger partial charge in [-0.05, 0) is 111 Å². The zero-order valence-corrected chi connectivity index (χ0v) is 34.3. The number of ether oxygens (including phenoxy) is 1. The Kier molecular flexibility index (Phi) is 8.72. The van der Waals surface area contributed by atoms with Crippen LogP contribution in [0.15, 0.2) is 176 Å². The van der Waals surface area contributed by atoms with Crippen LogP contribution in [0.3, 0.4) is 0 Å². The molecular formula is C55H39N3OS. The third kappa shape index (κ3) is 6.09. The van der Waals surface area contributed by atoms with Gasteiger partial charge in [0.2, 0.25) is 0 Å². The first-order chi connectivity index (χ1) is 29.5. The van der Waals surface area contributed by atoms with E-state index in [0.717, 1.165) is 39.1 Å². The van der Waals surface area contributed by atoms with Crippen LogP contribution in [-0.4, -0.2) is 21.1 Å². The number of aryl methyl sites for hydroxylation is 1. The number of thiophene rings is 1. The van der Waals surface area contributed by atoms with Gasteiger partial charge in [0.15, 0.2) is 17.5 Å². The molecule has 0 saturated heterocycles. The lowest BCUT2D eigenvalue weighted by molar-refractivity contribution is 0.242. The van der Waals surface area contributed by atoms with Gasteiger partial charge < -0.3 is 4.74 Å². The van der Waals surface area contributed by atoms with Crippen molar-refractivity contribution < 1.29 is 4.74 Å². The number of hydrogen-bond acceptors (Lipinski definition) is 5. The van der Waals surface area contributed by atoms with Gasteiger partial charge in [0.25, 0.3) is 0 Å². The minimum Gasteiger partial charge on any atom is -0.490 e. The highest BCUT2D eigenvalue weighted by Crippen LogP contribution is 2.45. The van der Waals surface area contributed by atoms with Gasteiger partial charge in [-0.15, -0.1) is 11.3 Å². The maximum absolute atomic E-state index is 6.39. The van der Waals surface area contributed by atoms with Crippen molar-refractivity contribution in [2.45, 2.75) is 26.9 Å². The van der Waals surface area contributed by atoms with Crippen LogP contribution < -0.4 is 4.74 Å². The molecule has 4 nitrogen and oxygen atoms in total. The van der Waals surface area contributed by atoms with Gasteiger partial charge >= 0.3 is 0 Å². The molecule has 0 aliphatic heterocycles. The summed E-state index contributed by atoms with van der Waals surface area (Å²) in [4.78, 5) is 15.5. The first-order valence-electron chi connectivity index (χ1n) is 20.5. The quantitative estimate of drug-likeness (QED) is 0.151. The molecule has 0 amide bonds. The summed E-state index contributed by atoms with van der Waals surface area (Å²) in [5.74, 6) is 2.59. The zero-order valence-electron chi connectivity index (χ0n) is 33.5. The van der Waals surface area contributed by atoms with Gasteiger partial charge in [-0.3, -0.25) is 0 Å². The van der Waals surface area contributed by atoms with Crippen molar-refractivity contribution in [3.05, 3.63) is 181 Å². The van der Waals surface area contributed by atoms with Gasteiger partial charge in [-0.25, -0.2) is 15.0 Å². The molecule has 0 atom stereocenters. The van der Waals surface area contributed by atoms with Crippen LogP contribution in [0.1, 0.15) is 19.4 Å². The van der Waals surface area contributed by atoms with E-state index in [2.05, 4.69) is 140 Å². The second-order valence-corrected chi connectivity index (χ2v) is 16.8. The number of nitrogens with zero attached hydrogens (tertiary/aromatic N) is 3. The molecule has 0 aliphatic carbocycles. The van der Waals surface area contributed by atoms with Crippen molar-refractivity contribution in [3.8, 4) is 62.2 Å². The Morgan fingerprint density at radius 1 is 0.400 bits per heavy atom. The first-order valence-corrected chi connectivity index (χ1v) is 21.3. The van der Waals surface area contributed by atoms with Gasteiger partial charge in [-0.2, -0.15) is 0 Å². The Hall–Kier alpha value is -7.21. The fourth-order valence-electron chi connectivity index (χ4n) is 8.78. The lowest BCUT2D eigenvalue weighted by Crippen LogP contribution is -2.09. The Morgan fingerprint density at radius 3 is 1.65 bits per heavy atom. The van der Waals surface area contributed by atoms with Gasteiger partial charge in [0.05, 0.1) is 11.7 Å². The number of aromatic nitrogens is 3. The van der Waals surface area contributed by atoms with E-state index < -0.39 is 0 Å². The number of hydrogen-bond donors (Lipinski definition) is 0. The predicted octanol–water partition coefficient (Wildman–Crippen LogP) is 15.1. The van der Waals surface area contributed by atoms with Crippen LogP contribution in [0.25, 0.3) is 109 Å². The van der Waals surface area contributed by atoms with Crippen LogP contribution in [0.2, 0.25) is 0 Å². The van der Waals surface area contributed by atoms with Crippen molar-refractivity contribution in [2.75, 3.05) is 0 Å². The molecule has 0 saturated carbocycles. The molecule has 9 aromatic carbocycles. The van der Waals surface area contributed by atoms with Crippen molar-refractivity contribution in [1.29, 1.82) is 0 Å². The van der Waals surface area contributed by atoms with Gasteiger partial charge in [-0.1, -0.05) is 146 Å². The topological polar surface area (TPSA) is 47.9 Å². The van der Waals surface area contributed by atoms with Crippen LogP contribution in [-0.2, 0) is 0 Å². The standard InChI is InChI=1S/C55H39N3OS/c1-33(2)59-52-34(3)15-13-25-46(52)55-57-53(35-16-5-4-6-17-35)56-54(58-55)45-23-12-11-22-42(45)44-24-14-26-50-51(44)48-32-37(28-30-49(48)60-50)36-27-29-43-40-20-8-7-18-38(40)39-19-9-10-21-41(39)47(43)31-36/h4-33H,1-3H3. The monoisotopic (exact) mass is 789 g/mol. The van der Waals surface area contributed by atoms with Crippen molar-refractivity contribution >= 4 is 63.8 Å². The highest BCUT2D eigenvalue weighted by Gasteiger charge is 2.21. The van der Waals surface area contributed by atoms with E-state index in [1.807, 2.05) is 67.6 Å². The maximum Gasteiger partial charge on any atom is 0.167 e. The van der Waals surface area contributed by atoms with E-state index in [9.17, 15) is 0 Å². The molecule has 0 unspecified atom stereocenters. The second-order valence-electron chi connectivity index (χ2n) is 15.7. The van der Waals surface area contributed by atoms with E-state index in [1.54, 1.807) is 0 Å². The summed E-state index contributed by atoms with van der Waals surface area (Å²) in [6.45, 7) is 6.16. The Balaban J connectivity index is 1.10. The minimum absolute atomic E-state index is 0.0108. The molecule has 0 radical (unpaired) electrons. The summed E-state index contributed by atoms with van der Waals surface area (Å²) in [5, 5.41) is 10.1. The third-order valence-corrected chi connectivity index (χ3v) is 12.6. The summed E-state index contributed by atoms with van der Waals surface area (Å²) in [6, 6.07) is 62.9. The minimum atomic E-state index is -0.0108. The zero-order chi connectivity index (χ0) is 40.3. The lowest BCUT2D eigenvalue weighted by Gasteiger charge is -2.17. The number of fused-ring (bicyclic) bond motifs is 9. The van der Waals surface area contributed by atoms with E-state index in [4.69, 9.17) is 19.7 Å². The smallest absolute Gasteiger partial charge is 0.167 e. The normalized spacial score (nSPS) is 11.7. The Bertz CT molecular complexity index is 3430. The third-order valence-electron chi connectivity index (χ3n) is 11.5. The molecule has 0 spiro atoms. The highest BCUT2D eigenvalue weighted by molar-refractivity contribution is 7.26. The largest absolute Gasteiger partial charge is 0.490 e. The molecule has 11 aromatic rings. The van der Waals surface area contributed by atoms with Crippen LogP contribution >= 0.6 is 11.3 Å². The molecule has 0 aliphatic rings. The van der Waals surface area contributed by atoms with E-state index >= 15 is 0 Å². The summed E-state index contributed by atoms with van der Waals surface area (Å²) in [7, 11) is 0. The fourth-order valence-corrected chi connectivity index (χ4v) is 9.90. The molecule has 11 rings (SSSR count). The molecule has 2 aromatic heterocycles.